The Morgan fingerprint density at radius 2 is 2.13 bits per heavy atom. The summed E-state index contributed by atoms with van der Waals surface area (Å²) in [5.41, 5.74) is 1.91. The third kappa shape index (κ3) is 2.95. The van der Waals surface area contributed by atoms with Crippen molar-refractivity contribution >= 4 is 39.7 Å². The van der Waals surface area contributed by atoms with Crippen LogP contribution in [-0.2, 0) is 9.59 Å². The molecule has 0 bridgehead atoms. The molecule has 2 unspecified atom stereocenters. The summed E-state index contributed by atoms with van der Waals surface area (Å²) in [5, 5.41) is 7.10. The minimum Gasteiger partial charge on any atom is -0.299 e. The van der Waals surface area contributed by atoms with Crippen molar-refractivity contribution in [1.82, 2.24) is 14.8 Å². The van der Waals surface area contributed by atoms with E-state index in [1.807, 2.05) is 36.6 Å². The average molecular weight is 394 g/mol. The largest absolute Gasteiger partial charge is 0.299 e. The van der Waals surface area contributed by atoms with E-state index in [1.165, 1.54) is 0 Å². The number of hydrogen-bond donors (Lipinski definition) is 1. The zero-order valence-electron chi connectivity index (χ0n) is 12.8. The molecule has 1 N–H and O–H groups in total. The maximum absolute atomic E-state index is 12.4. The van der Waals surface area contributed by atoms with Crippen LogP contribution in [0.25, 0.3) is 5.69 Å². The molecule has 1 saturated carbocycles. The fourth-order valence-electron chi connectivity index (χ4n) is 3.19. The maximum atomic E-state index is 12.4. The maximum Gasteiger partial charge on any atom is 0.199 e. The fourth-order valence-corrected chi connectivity index (χ4v) is 3.90. The van der Waals surface area contributed by atoms with E-state index in [4.69, 9.17) is 12.2 Å². The number of benzene rings is 1. The smallest absolute Gasteiger partial charge is 0.199 e. The number of carbonyl (C=O) groups excluding carboxylic acids is 2. The number of aryl methyl sites for hydroxylation is 1. The van der Waals surface area contributed by atoms with Crippen LogP contribution in [0.1, 0.15) is 37.1 Å². The molecule has 0 saturated heterocycles. The molecule has 120 valence electrons. The second-order valence-electron chi connectivity index (χ2n) is 5.99. The number of aromatic amines is 1. The number of nitrogens with one attached hydrogen (secondary N) is 1. The van der Waals surface area contributed by atoms with Crippen LogP contribution in [0.4, 0.5) is 0 Å². The van der Waals surface area contributed by atoms with Gasteiger partial charge in [-0.2, -0.15) is 5.10 Å². The lowest BCUT2D eigenvalue weighted by atomic mass is 9.78. The van der Waals surface area contributed by atoms with E-state index in [0.717, 1.165) is 15.7 Å². The van der Waals surface area contributed by atoms with Gasteiger partial charge in [-0.25, -0.2) is 0 Å². The number of ketones is 2. The second kappa shape index (κ2) is 6.13. The topological polar surface area (TPSA) is 67.8 Å². The summed E-state index contributed by atoms with van der Waals surface area (Å²) in [7, 11) is 0. The van der Waals surface area contributed by atoms with E-state index in [9.17, 15) is 9.59 Å². The van der Waals surface area contributed by atoms with Crippen molar-refractivity contribution in [3.05, 3.63) is 38.8 Å². The van der Waals surface area contributed by atoms with Crippen molar-refractivity contribution < 1.29 is 9.59 Å². The summed E-state index contributed by atoms with van der Waals surface area (Å²) in [5.74, 6) is 0.00981. The van der Waals surface area contributed by atoms with Crippen LogP contribution < -0.4 is 0 Å². The van der Waals surface area contributed by atoms with Crippen molar-refractivity contribution in [3.63, 3.8) is 0 Å². The molecule has 23 heavy (non-hydrogen) atoms. The van der Waals surface area contributed by atoms with Crippen molar-refractivity contribution in [3.8, 4) is 5.69 Å². The van der Waals surface area contributed by atoms with Crippen molar-refractivity contribution in [2.75, 3.05) is 0 Å². The van der Waals surface area contributed by atoms with Crippen LogP contribution in [-0.4, -0.2) is 26.3 Å². The number of hydrogen-bond acceptors (Lipinski definition) is 4. The van der Waals surface area contributed by atoms with Gasteiger partial charge in [-0.15, -0.1) is 0 Å². The first-order chi connectivity index (χ1) is 10.9. The molecular formula is C16H16BrN3O2S. The van der Waals surface area contributed by atoms with Gasteiger partial charge in [-0.05, 0) is 48.8 Å². The number of nitrogens with zero attached hydrogens (tertiary/aromatic N) is 2. The van der Waals surface area contributed by atoms with Gasteiger partial charge in [-0.1, -0.05) is 22.9 Å². The third-order valence-corrected chi connectivity index (χ3v) is 4.98. The molecule has 0 amide bonds. The zero-order chi connectivity index (χ0) is 16.7. The standard InChI is InChI=1S/C16H16BrN3O2S/c1-8-5-10(17)3-4-12(8)20-15(18-19-16(20)23)14-9(2)6-11(21)7-13(14)22/h3-5,9,14H,6-7H2,1-2H3,(H,19,23). The molecule has 0 spiro atoms. The van der Waals surface area contributed by atoms with Crippen LogP contribution in [0.3, 0.4) is 0 Å². The SMILES string of the molecule is Cc1cc(Br)ccc1-n1c(C2C(=O)CC(=O)CC2C)n[nH]c1=S. The first-order valence-corrected chi connectivity index (χ1v) is 8.57. The molecule has 3 rings (SSSR count). The fraction of sp³-hybridized carbons (Fsp3) is 0.375. The lowest BCUT2D eigenvalue weighted by Crippen LogP contribution is -2.32. The lowest BCUT2D eigenvalue weighted by molar-refractivity contribution is -0.132. The minimum absolute atomic E-state index is 0.000690. The molecule has 2 atom stereocenters. The van der Waals surface area contributed by atoms with Crippen LogP contribution in [0.15, 0.2) is 22.7 Å². The monoisotopic (exact) mass is 393 g/mol. The van der Waals surface area contributed by atoms with E-state index in [-0.39, 0.29) is 23.9 Å². The van der Waals surface area contributed by atoms with E-state index in [0.29, 0.717) is 17.0 Å². The number of rotatable bonds is 2. The van der Waals surface area contributed by atoms with Crippen molar-refractivity contribution in [2.24, 2.45) is 5.92 Å². The van der Waals surface area contributed by atoms with Gasteiger partial charge in [0, 0.05) is 10.9 Å². The first kappa shape index (κ1) is 16.3. The molecular weight excluding hydrogens is 378 g/mol. The Kier molecular flexibility index (Phi) is 4.33. The van der Waals surface area contributed by atoms with Gasteiger partial charge in [0.25, 0.3) is 0 Å². The molecule has 1 aromatic carbocycles. The normalized spacial score (nSPS) is 21.7. The quantitative estimate of drug-likeness (QED) is 0.624. The summed E-state index contributed by atoms with van der Waals surface area (Å²) in [6.07, 6.45) is 0.378. The van der Waals surface area contributed by atoms with E-state index < -0.39 is 5.92 Å². The molecule has 1 aromatic heterocycles. The summed E-state index contributed by atoms with van der Waals surface area (Å²) in [4.78, 5) is 24.0. The summed E-state index contributed by atoms with van der Waals surface area (Å²) in [6, 6.07) is 5.86. The molecule has 2 aromatic rings. The summed E-state index contributed by atoms with van der Waals surface area (Å²) in [6.45, 7) is 3.89. The van der Waals surface area contributed by atoms with Gasteiger partial charge in [0.2, 0.25) is 0 Å². The van der Waals surface area contributed by atoms with Gasteiger partial charge in [-0.3, -0.25) is 19.3 Å². The van der Waals surface area contributed by atoms with Gasteiger partial charge in [0.05, 0.1) is 18.0 Å². The Morgan fingerprint density at radius 1 is 1.39 bits per heavy atom. The van der Waals surface area contributed by atoms with E-state index in [1.54, 1.807) is 0 Å². The predicted octanol–water partition coefficient (Wildman–Crippen LogP) is 3.65. The molecule has 1 heterocycles. The Labute approximate surface area is 147 Å². The number of H-pyrrole nitrogens is 1. The van der Waals surface area contributed by atoms with Gasteiger partial charge in [0.15, 0.2) is 10.6 Å². The molecule has 0 aliphatic heterocycles. The molecule has 1 aliphatic rings. The van der Waals surface area contributed by atoms with Crippen LogP contribution in [0, 0.1) is 17.6 Å². The predicted molar refractivity (Wildman–Crippen MR) is 92.3 cm³/mol. The van der Waals surface area contributed by atoms with Crippen molar-refractivity contribution in [2.45, 2.75) is 32.6 Å². The van der Waals surface area contributed by atoms with Gasteiger partial charge < -0.3 is 0 Å². The van der Waals surface area contributed by atoms with Gasteiger partial charge >= 0.3 is 0 Å². The highest BCUT2D eigenvalue weighted by Crippen LogP contribution is 2.34. The molecule has 7 heteroatoms. The summed E-state index contributed by atoms with van der Waals surface area (Å²) < 4.78 is 3.23. The Bertz CT molecular complexity index is 855. The number of carbonyl (C=O) groups is 2. The molecule has 1 fully saturated rings. The molecule has 0 radical (unpaired) electrons. The zero-order valence-corrected chi connectivity index (χ0v) is 15.2. The van der Waals surface area contributed by atoms with Gasteiger partial charge in [0.1, 0.15) is 11.6 Å². The Hall–Kier alpha value is -1.60. The Morgan fingerprint density at radius 3 is 2.78 bits per heavy atom. The van der Waals surface area contributed by atoms with E-state index >= 15 is 0 Å². The first-order valence-electron chi connectivity index (χ1n) is 7.36. The van der Waals surface area contributed by atoms with Crippen molar-refractivity contribution in [1.29, 1.82) is 0 Å². The number of halogens is 1. The number of Topliss-reactive ketones (excluding diaryl/α,β-unsaturated/α-hetero) is 2. The van der Waals surface area contributed by atoms with Crippen LogP contribution in [0.2, 0.25) is 0 Å². The highest BCUT2D eigenvalue weighted by atomic mass is 79.9. The number of aromatic nitrogens is 3. The lowest BCUT2D eigenvalue weighted by Gasteiger charge is -2.26. The highest BCUT2D eigenvalue weighted by Gasteiger charge is 2.37. The molecule has 1 aliphatic carbocycles. The van der Waals surface area contributed by atoms with Crippen LogP contribution >= 0.6 is 28.1 Å². The minimum atomic E-state index is -0.413. The third-order valence-electron chi connectivity index (χ3n) is 4.21. The van der Waals surface area contributed by atoms with E-state index in [2.05, 4.69) is 26.1 Å². The average Bonchev–Trinajstić information content (AvgIpc) is 2.80. The highest BCUT2D eigenvalue weighted by molar-refractivity contribution is 9.10. The summed E-state index contributed by atoms with van der Waals surface area (Å²) >= 11 is 8.82. The Balaban J connectivity index is 2.14. The second-order valence-corrected chi connectivity index (χ2v) is 7.30. The van der Waals surface area contributed by atoms with Crippen LogP contribution in [0.5, 0.6) is 0 Å². The molecule has 5 nitrogen and oxygen atoms in total.